The summed E-state index contributed by atoms with van der Waals surface area (Å²) in [6.45, 7) is -0.316. The van der Waals surface area contributed by atoms with Crippen LogP contribution in [0.1, 0.15) is 11.6 Å². The molecule has 0 spiro atoms. The molecule has 0 aliphatic carbocycles. The van der Waals surface area contributed by atoms with E-state index in [1.165, 1.54) is 18.2 Å². The highest BCUT2D eigenvalue weighted by molar-refractivity contribution is 5.37. The van der Waals surface area contributed by atoms with E-state index in [2.05, 4.69) is 5.32 Å². The molecule has 1 aliphatic rings. The van der Waals surface area contributed by atoms with Crippen LogP contribution in [0, 0.1) is 10.1 Å². The molecule has 4 atom stereocenters. The minimum atomic E-state index is -1.11. The van der Waals surface area contributed by atoms with Crippen LogP contribution in [0.4, 0.5) is 5.69 Å². The van der Waals surface area contributed by atoms with E-state index in [9.17, 15) is 20.3 Å². The van der Waals surface area contributed by atoms with Crippen LogP contribution in [0.5, 0.6) is 0 Å². The zero-order valence-corrected chi connectivity index (χ0v) is 9.43. The van der Waals surface area contributed by atoms with Crippen molar-refractivity contribution in [3.05, 3.63) is 39.9 Å². The molecule has 1 aromatic rings. The number of aliphatic hydroxyl groups is 3. The normalized spacial score (nSPS) is 31.5. The molecule has 98 valence electrons. The van der Waals surface area contributed by atoms with Crippen LogP contribution < -0.4 is 5.32 Å². The van der Waals surface area contributed by atoms with Gasteiger partial charge in [0.05, 0.1) is 29.7 Å². The second kappa shape index (κ2) is 4.99. The molecule has 0 aromatic heterocycles. The van der Waals surface area contributed by atoms with Crippen molar-refractivity contribution in [3.63, 3.8) is 0 Å². The number of aliphatic hydroxyl groups excluding tert-OH is 3. The topological polar surface area (TPSA) is 116 Å². The number of benzene rings is 1. The first kappa shape index (κ1) is 12.9. The third-order valence-corrected chi connectivity index (χ3v) is 3.13. The van der Waals surface area contributed by atoms with Gasteiger partial charge in [-0.3, -0.25) is 10.1 Å². The van der Waals surface area contributed by atoms with Crippen molar-refractivity contribution in [3.8, 4) is 0 Å². The van der Waals surface area contributed by atoms with Crippen LogP contribution >= 0.6 is 0 Å². The smallest absolute Gasteiger partial charge is 0.269 e. The second-order valence-corrected chi connectivity index (χ2v) is 4.27. The lowest BCUT2D eigenvalue weighted by Gasteiger charge is -2.15. The molecule has 0 amide bonds. The summed E-state index contributed by atoms with van der Waals surface area (Å²) in [6, 6.07) is 4.57. The molecule has 0 unspecified atom stereocenters. The van der Waals surface area contributed by atoms with Crippen LogP contribution in [0.15, 0.2) is 24.3 Å². The molecule has 0 bridgehead atoms. The molecule has 1 aromatic carbocycles. The summed E-state index contributed by atoms with van der Waals surface area (Å²) < 4.78 is 0. The molecule has 0 radical (unpaired) electrons. The molecule has 18 heavy (non-hydrogen) atoms. The van der Waals surface area contributed by atoms with E-state index in [1.807, 2.05) is 0 Å². The van der Waals surface area contributed by atoms with Gasteiger partial charge in [0.1, 0.15) is 6.10 Å². The van der Waals surface area contributed by atoms with Gasteiger partial charge in [-0.2, -0.15) is 0 Å². The lowest BCUT2D eigenvalue weighted by molar-refractivity contribution is -0.384. The average Bonchev–Trinajstić information content (AvgIpc) is 2.66. The molecule has 1 fully saturated rings. The molecule has 1 saturated heterocycles. The van der Waals surface area contributed by atoms with E-state index in [0.29, 0.717) is 5.56 Å². The number of nitrogens with zero attached hydrogens (tertiary/aromatic N) is 1. The summed E-state index contributed by atoms with van der Waals surface area (Å²) in [7, 11) is 0. The van der Waals surface area contributed by atoms with Crippen molar-refractivity contribution in [2.45, 2.75) is 24.3 Å². The number of rotatable bonds is 3. The maximum Gasteiger partial charge on any atom is 0.269 e. The Balaban J connectivity index is 2.27. The van der Waals surface area contributed by atoms with Crippen molar-refractivity contribution >= 4 is 5.69 Å². The Hall–Kier alpha value is -1.54. The van der Waals surface area contributed by atoms with Crippen LogP contribution in [-0.2, 0) is 0 Å². The third-order valence-electron chi connectivity index (χ3n) is 3.13. The highest BCUT2D eigenvalue weighted by Crippen LogP contribution is 2.29. The number of nitro groups is 1. The quantitative estimate of drug-likeness (QED) is 0.419. The van der Waals surface area contributed by atoms with Gasteiger partial charge in [-0.25, -0.2) is 0 Å². The second-order valence-electron chi connectivity index (χ2n) is 4.27. The van der Waals surface area contributed by atoms with Crippen LogP contribution in [0.2, 0.25) is 0 Å². The Morgan fingerprint density at radius 1 is 1.33 bits per heavy atom. The number of non-ortho nitro benzene ring substituents is 1. The van der Waals surface area contributed by atoms with Gasteiger partial charge in [-0.1, -0.05) is 12.1 Å². The summed E-state index contributed by atoms with van der Waals surface area (Å²) in [4.78, 5) is 10.1. The lowest BCUT2D eigenvalue weighted by atomic mass is 10.0. The standard InChI is InChI=1S/C11H14N2O5/c14-5-8-10(15)11(16)9(12-8)6-2-1-3-7(4-6)13(17)18/h1-4,8-12,14-16H,5H2/t8-,9-,10-,11-/m0/s1. The Kier molecular flexibility index (Phi) is 3.58. The number of nitro benzene ring substituents is 1. The van der Waals surface area contributed by atoms with E-state index in [0.717, 1.165) is 0 Å². The molecular formula is C11H14N2O5. The molecule has 7 heteroatoms. The molecule has 7 nitrogen and oxygen atoms in total. The fourth-order valence-electron chi connectivity index (χ4n) is 2.15. The molecule has 1 heterocycles. The monoisotopic (exact) mass is 254 g/mol. The van der Waals surface area contributed by atoms with E-state index in [4.69, 9.17) is 5.11 Å². The Labute approximate surface area is 103 Å². The number of hydrogen-bond donors (Lipinski definition) is 4. The first-order chi connectivity index (χ1) is 8.54. The zero-order valence-electron chi connectivity index (χ0n) is 9.43. The number of nitrogens with one attached hydrogen (secondary N) is 1. The maximum atomic E-state index is 10.7. The maximum absolute atomic E-state index is 10.7. The van der Waals surface area contributed by atoms with Crippen LogP contribution in [0.25, 0.3) is 0 Å². The van der Waals surface area contributed by atoms with Crippen molar-refractivity contribution < 1.29 is 20.2 Å². The van der Waals surface area contributed by atoms with Gasteiger partial charge in [0.25, 0.3) is 5.69 Å². The Morgan fingerprint density at radius 3 is 2.61 bits per heavy atom. The van der Waals surface area contributed by atoms with E-state index in [-0.39, 0.29) is 12.3 Å². The van der Waals surface area contributed by atoms with E-state index >= 15 is 0 Å². The SMILES string of the molecule is O=[N+]([O-])c1cccc([C@@H]2N[C@@H](CO)[C@H](O)[C@H]2O)c1. The zero-order chi connectivity index (χ0) is 13.3. The predicted octanol–water partition coefficient (Wildman–Crippen LogP) is -0.678. The van der Waals surface area contributed by atoms with Gasteiger partial charge in [0.15, 0.2) is 0 Å². The number of hydrogen-bond acceptors (Lipinski definition) is 6. The van der Waals surface area contributed by atoms with E-state index in [1.54, 1.807) is 6.07 Å². The summed E-state index contributed by atoms with van der Waals surface area (Å²) in [6.07, 6.45) is -2.21. The minimum Gasteiger partial charge on any atom is -0.395 e. The van der Waals surface area contributed by atoms with E-state index < -0.39 is 29.2 Å². The summed E-state index contributed by atoms with van der Waals surface area (Å²) in [5.74, 6) is 0. The van der Waals surface area contributed by atoms with Crippen LogP contribution in [-0.4, -0.2) is 45.1 Å². The first-order valence-corrected chi connectivity index (χ1v) is 5.52. The van der Waals surface area contributed by atoms with Gasteiger partial charge >= 0.3 is 0 Å². The largest absolute Gasteiger partial charge is 0.395 e. The minimum absolute atomic E-state index is 0.0801. The summed E-state index contributed by atoms with van der Waals surface area (Å²) in [5.41, 5.74) is 0.426. The molecule has 0 saturated carbocycles. The Bertz CT molecular complexity index is 453. The molecule has 4 N–H and O–H groups in total. The average molecular weight is 254 g/mol. The highest BCUT2D eigenvalue weighted by atomic mass is 16.6. The molecule has 2 rings (SSSR count). The first-order valence-electron chi connectivity index (χ1n) is 5.52. The molecule has 1 aliphatic heterocycles. The summed E-state index contributed by atoms with van der Waals surface area (Å²) >= 11 is 0. The fraction of sp³-hybridized carbons (Fsp3) is 0.455. The van der Waals surface area contributed by atoms with Crippen LogP contribution in [0.3, 0.4) is 0 Å². The lowest BCUT2D eigenvalue weighted by Crippen LogP contribution is -2.35. The van der Waals surface area contributed by atoms with Crippen molar-refractivity contribution in [1.29, 1.82) is 0 Å². The fourth-order valence-corrected chi connectivity index (χ4v) is 2.15. The van der Waals surface area contributed by atoms with Gasteiger partial charge in [0.2, 0.25) is 0 Å². The third kappa shape index (κ3) is 2.21. The van der Waals surface area contributed by atoms with Gasteiger partial charge in [-0.05, 0) is 5.56 Å². The predicted molar refractivity (Wildman–Crippen MR) is 61.9 cm³/mol. The van der Waals surface area contributed by atoms with Gasteiger partial charge in [0, 0.05) is 12.1 Å². The Morgan fingerprint density at radius 2 is 2.06 bits per heavy atom. The van der Waals surface area contributed by atoms with Crippen molar-refractivity contribution in [2.75, 3.05) is 6.61 Å². The van der Waals surface area contributed by atoms with Gasteiger partial charge < -0.3 is 20.6 Å². The van der Waals surface area contributed by atoms with Crippen molar-refractivity contribution in [2.24, 2.45) is 0 Å². The highest BCUT2D eigenvalue weighted by Gasteiger charge is 2.41. The summed E-state index contributed by atoms with van der Waals surface area (Å²) in [5, 5.41) is 42.0. The van der Waals surface area contributed by atoms with Gasteiger partial charge in [-0.15, -0.1) is 0 Å². The molecular weight excluding hydrogens is 240 g/mol. The van der Waals surface area contributed by atoms with Crippen molar-refractivity contribution in [1.82, 2.24) is 5.32 Å².